The van der Waals surface area contributed by atoms with Gasteiger partial charge in [-0.15, -0.1) is 0 Å². The molecule has 3 heterocycles. The highest BCUT2D eigenvalue weighted by atomic mass is 19.4. The maximum Gasteiger partial charge on any atom is 0.433 e. The van der Waals surface area contributed by atoms with Gasteiger partial charge in [0.1, 0.15) is 5.69 Å². The number of hydrogen-bond acceptors (Lipinski definition) is 7. The number of fused-ring (bicyclic) bond motifs is 1. The summed E-state index contributed by atoms with van der Waals surface area (Å²) < 4.78 is 41.5. The number of nitrogens with zero attached hydrogens (tertiary/aromatic N) is 4. The van der Waals surface area contributed by atoms with Crippen molar-refractivity contribution in [2.24, 2.45) is 0 Å². The van der Waals surface area contributed by atoms with Crippen molar-refractivity contribution in [3.63, 3.8) is 0 Å². The first-order valence-corrected chi connectivity index (χ1v) is 5.46. The fourth-order valence-corrected chi connectivity index (χ4v) is 1.52. The van der Waals surface area contributed by atoms with E-state index in [4.69, 9.17) is 0 Å². The molecule has 0 amide bonds. The standard InChI is InChI=1S/C10H5F3N6O2/c11-10(12,13)5-2-1-4(3-14-5)15-8-9(20)17-7-6(16-8)18-21-19-7/h1-3H,(H,15,16,18)(H,17,19,20). The Kier molecular flexibility index (Phi) is 2.82. The van der Waals surface area contributed by atoms with Crippen LogP contribution in [0.25, 0.3) is 11.3 Å². The van der Waals surface area contributed by atoms with E-state index < -0.39 is 17.4 Å². The fraction of sp³-hybridized carbons (Fsp3) is 0.100. The van der Waals surface area contributed by atoms with Crippen LogP contribution in [0.15, 0.2) is 27.8 Å². The van der Waals surface area contributed by atoms with Crippen LogP contribution in [0.4, 0.5) is 24.7 Å². The number of nitrogens with one attached hydrogen (secondary N) is 2. The van der Waals surface area contributed by atoms with Gasteiger partial charge in [0.2, 0.25) is 11.3 Å². The van der Waals surface area contributed by atoms with E-state index in [-0.39, 0.29) is 22.8 Å². The number of aromatic amines is 1. The van der Waals surface area contributed by atoms with E-state index in [0.29, 0.717) is 0 Å². The van der Waals surface area contributed by atoms with Crippen molar-refractivity contribution >= 4 is 22.8 Å². The first-order valence-electron chi connectivity index (χ1n) is 5.46. The van der Waals surface area contributed by atoms with Crippen molar-refractivity contribution < 1.29 is 17.8 Å². The Bertz CT molecular complexity index is 838. The third kappa shape index (κ3) is 2.52. The van der Waals surface area contributed by atoms with Gasteiger partial charge in [0, 0.05) is 0 Å². The molecule has 0 atom stereocenters. The van der Waals surface area contributed by atoms with Crippen LogP contribution in [0.5, 0.6) is 0 Å². The summed E-state index contributed by atoms with van der Waals surface area (Å²) in [4.78, 5) is 21.1. The predicted molar refractivity (Wildman–Crippen MR) is 62.7 cm³/mol. The van der Waals surface area contributed by atoms with Crippen molar-refractivity contribution in [2.75, 3.05) is 5.32 Å². The summed E-state index contributed by atoms with van der Waals surface area (Å²) in [7, 11) is 0. The zero-order chi connectivity index (χ0) is 15.0. The molecule has 21 heavy (non-hydrogen) atoms. The van der Waals surface area contributed by atoms with E-state index in [2.05, 4.69) is 35.2 Å². The first kappa shape index (κ1) is 13.0. The van der Waals surface area contributed by atoms with Gasteiger partial charge in [-0.1, -0.05) is 0 Å². The third-order valence-electron chi connectivity index (χ3n) is 2.45. The molecule has 0 saturated heterocycles. The Morgan fingerprint density at radius 3 is 2.71 bits per heavy atom. The Balaban J connectivity index is 1.91. The SMILES string of the molecule is O=c1[nH]c2nonc2nc1Nc1ccc(C(F)(F)F)nc1. The molecular weight excluding hydrogens is 293 g/mol. The van der Waals surface area contributed by atoms with E-state index in [0.717, 1.165) is 18.3 Å². The Hall–Kier alpha value is -2.98. The number of anilines is 2. The summed E-state index contributed by atoms with van der Waals surface area (Å²) in [5, 5.41) is 9.37. The number of aromatic nitrogens is 5. The van der Waals surface area contributed by atoms with Gasteiger partial charge in [-0.2, -0.15) is 18.2 Å². The van der Waals surface area contributed by atoms with Crippen LogP contribution < -0.4 is 10.9 Å². The van der Waals surface area contributed by atoms with Gasteiger partial charge in [-0.05, 0) is 22.4 Å². The van der Waals surface area contributed by atoms with Crippen molar-refractivity contribution in [3.05, 3.63) is 34.4 Å². The van der Waals surface area contributed by atoms with Gasteiger partial charge in [0.15, 0.2) is 5.82 Å². The minimum atomic E-state index is -4.53. The molecule has 3 aromatic rings. The fourth-order valence-electron chi connectivity index (χ4n) is 1.52. The summed E-state index contributed by atoms with van der Waals surface area (Å²) in [6, 6.07) is 1.91. The zero-order valence-corrected chi connectivity index (χ0v) is 9.97. The highest BCUT2D eigenvalue weighted by Crippen LogP contribution is 2.28. The number of hydrogen-bond donors (Lipinski definition) is 2. The van der Waals surface area contributed by atoms with Gasteiger partial charge >= 0.3 is 6.18 Å². The minimum Gasteiger partial charge on any atom is -0.334 e. The molecule has 3 rings (SSSR count). The van der Waals surface area contributed by atoms with Crippen molar-refractivity contribution in [2.45, 2.75) is 6.18 Å². The molecule has 0 saturated carbocycles. The highest BCUT2D eigenvalue weighted by molar-refractivity contribution is 5.66. The van der Waals surface area contributed by atoms with Crippen LogP contribution >= 0.6 is 0 Å². The van der Waals surface area contributed by atoms with Gasteiger partial charge in [0.05, 0.1) is 11.9 Å². The molecule has 0 aliphatic carbocycles. The smallest absolute Gasteiger partial charge is 0.334 e. The van der Waals surface area contributed by atoms with Crippen molar-refractivity contribution in [1.29, 1.82) is 0 Å². The molecule has 0 aliphatic rings. The van der Waals surface area contributed by atoms with Crippen LogP contribution in [0.2, 0.25) is 0 Å². The second kappa shape index (κ2) is 4.54. The topological polar surface area (TPSA) is 110 Å². The lowest BCUT2D eigenvalue weighted by molar-refractivity contribution is -0.141. The molecule has 0 aromatic carbocycles. The Morgan fingerprint density at radius 2 is 2.05 bits per heavy atom. The van der Waals surface area contributed by atoms with Crippen LogP contribution in [-0.4, -0.2) is 25.3 Å². The highest BCUT2D eigenvalue weighted by Gasteiger charge is 2.32. The molecule has 0 aliphatic heterocycles. The Labute approximate surface area is 113 Å². The van der Waals surface area contributed by atoms with Crippen LogP contribution in [0.1, 0.15) is 5.69 Å². The lowest BCUT2D eigenvalue weighted by atomic mass is 10.3. The normalized spacial score (nSPS) is 11.8. The van der Waals surface area contributed by atoms with Crippen LogP contribution in [-0.2, 0) is 6.18 Å². The van der Waals surface area contributed by atoms with Crippen molar-refractivity contribution in [3.8, 4) is 0 Å². The summed E-state index contributed by atoms with van der Waals surface area (Å²) >= 11 is 0. The summed E-state index contributed by atoms with van der Waals surface area (Å²) in [6.45, 7) is 0. The molecule has 0 fully saturated rings. The molecule has 8 nitrogen and oxygen atoms in total. The van der Waals surface area contributed by atoms with Crippen molar-refractivity contribution in [1.82, 2.24) is 25.3 Å². The van der Waals surface area contributed by atoms with E-state index >= 15 is 0 Å². The van der Waals surface area contributed by atoms with Gasteiger partial charge in [-0.3, -0.25) is 9.78 Å². The van der Waals surface area contributed by atoms with E-state index in [1.54, 1.807) is 0 Å². The minimum absolute atomic E-state index is 0.0528. The lowest BCUT2D eigenvalue weighted by Crippen LogP contribution is -2.14. The van der Waals surface area contributed by atoms with Gasteiger partial charge < -0.3 is 5.32 Å². The second-order valence-corrected chi connectivity index (χ2v) is 3.91. The third-order valence-corrected chi connectivity index (χ3v) is 2.45. The molecule has 0 unspecified atom stereocenters. The molecule has 11 heteroatoms. The molecule has 2 N–H and O–H groups in total. The van der Waals surface area contributed by atoms with Gasteiger partial charge in [-0.25, -0.2) is 9.61 Å². The molecule has 0 radical (unpaired) electrons. The number of pyridine rings is 1. The average Bonchev–Trinajstić information content (AvgIpc) is 2.86. The first-order chi connectivity index (χ1) is 9.93. The predicted octanol–water partition coefficient (Wildman–Crippen LogP) is 1.46. The maximum absolute atomic E-state index is 12.4. The van der Waals surface area contributed by atoms with E-state index in [1.807, 2.05) is 0 Å². The summed E-state index contributed by atoms with van der Waals surface area (Å²) in [5.41, 5.74) is -1.38. The maximum atomic E-state index is 12.4. The molecule has 3 aromatic heterocycles. The lowest BCUT2D eigenvalue weighted by Gasteiger charge is -2.07. The number of H-pyrrole nitrogens is 1. The van der Waals surface area contributed by atoms with Gasteiger partial charge in [0.25, 0.3) is 5.56 Å². The number of halogens is 3. The molecule has 0 spiro atoms. The largest absolute Gasteiger partial charge is 0.433 e. The number of rotatable bonds is 2. The molecule has 0 bridgehead atoms. The molecular formula is C10H5F3N6O2. The van der Waals surface area contributed by atoms with Crippen LogP contribution in [0, 0.1) is 0 Å². The van der Waals surface area contributed by atoms with Crippen LogP contribution in [0.3, 0.4) is 0 Å². The second-order valence-electron chi connectivity index (χ2n) is 3.91. The zero-order valence-electron chi connectivity index (χ0n) is 9.97. The Morgan fingerprint density at radius 1 is 1.24 bits per heavy atom. The average molecular weight is 298 g/mol. The number of alkyl halides is 3. The van der Waals surface area contributed by atoms with E-state index in [9.17, 15) is 18.0 Å². The summed E-state index contributed by atoms with van der Waals surface area (Å²) in [5.74, 6) is -0.167. The summed E-state index contributed by atoms with van der Waals surface area (Å²) in [6.07, 6.45) is -3.59. The molecule has 108 valence electrons. The van der Waals surface area contributed by atoms with E-state index in [1.165, 1.54) is 0 Å². The monoisotopic (exact) mass is 298 g/mol. The quantitative estimate of drug-likeness (QED) is 0.737.